The molecule has 3 nitrogen and oxygen atoms in total. The third-order valence-electron chi connectivity index (χ3n) is 4.71. The third kappa shape index (κ3) is 13.5. The highest BCUT2D eigenvalue weighted by atomic mass is 16.5. The minimum atomic E-state index is -0.385. The van der Waals surface area contributed by atoms with Gasteiger partial charge in [0, 0.05) is 18.3 Å². The number of methoxy groups -OCH3 is 1. The first-order chi connectivity index (χ1) is 14.3. The molecule has 0 radical (unpaired) electrons. The molecule has 0 aliphatic heterocycles. The van der Waals surface area contributed by atoms with E-state index >= 15 is 0 Å². The van der Waals surface area contributed by atoms with Crippen molar-refractivity contribution in [1.82, 2.24) is 0 Å². The van der Waals surface area contributed by atoms with E-state index in [1.165, 1.54) is 5.57 Å². The summed E-state index contributed by atoms with van der Waals surface area (Å²) < 4.78 is 11.0. The molecule has 1 rings (SSSR count). The van der Waals surface area contributed by atoms with E-state index in [0.717, 1.165) is 43.0 Å². The van der Waals surface area contributed by atoms with Crippen LogP contribution >= 0.6 is 0 Å². The quantitative estimate of drug-likeness (QED) is 0.306. The van der Waals surface area contributed by atoms with Gasteiger partial charge in [0.2, 0.25) is 0 Å². The van der Waals surface area contributed by atoms with E-state index < -0.39 is 0 Å². The molecule has 0 aliphatic carbocycles. The molecule has 30 heavy (non-hydrogen) atoms. The first-order valence-electron chi connectivity index (χ1n) is 11.6. The maximum Gasteiger partial charge on any atom is 0.107 e. The molecule has 0 amide bonds. The number of furan rings is 1. The maximum atomic E-state index is 9.13. The van der Waals surface area contributed by atoms with E-state index in [4.69, 9.17) is 14.3 Å². The van der Waals surface area contributed by atoms with Crippen LogP contribution in [0.2, 0.25) is 0 Å². The van der Waals surface area contributed by atoms with E-state index in [-0.39, 0.29) is 12.0 Å². The molecular formula is C27H48O3. The molecule has 0 fully saturated rings. The average molecular weight is 421 g/mol. The summed E-state index contributed by atoms with van der Waals surface area (Å²) in [7, 11) is 1.69. The van der Waals surface area contributed by atoms with Gasteiger partial charge in [-0.25, -0.2) is 0 Å². The molecule has 2 unspecified atom stereocenters. The summed E-state index contributed by atoms with van der Waals surface area (Å²) in [6.45, 7) is 18.5. The van der Waals surface area contributed by atoms with Crippen molar-refractivity contribution < 1.29 is 14.3 Å². The standard InChI is InChI=1S/C13H20O.C12H22O2.C2H6/c1-5-10(3)9-11(4)13-8-7-12(6-2)14-13;1-5-7-12(14-4)11(6-2)9-8-10(3)13;1-2/h5,7-8,11H,6,9H2,1-4H3;7-11,13H,5-6H2,1-4H3;1-2H3/b10-5+;9-8+,12-7+;/t;10-,11?;/m.1./s1. The zero-order chi connectivity index (χ0) is 23.5. The van der Waals surface area contributed by atoms with Gasteiger partial charge in [-0.2, -0.15) is 0 Å². The lowest BCUT2D eigenvalue weighted by molar-refractivity contribution is 0.238. The zero-order valence-corrected chi connectivity index (χ0v) is 21.3. The molecular weight excluding hydrogens is 372 g/mol. The predicted molar refractivity (Wildman–Crippen MR) is 132 cm³/mol. The van der Waals surface area contributed by atoms with Crippen LogP contribution in [-0.4, -0.2) is 18.3 Å². The van der Waals surface area contributed by atoms with Crippen LogP contribution in [0.3, 0.4) is 0 Å². The van der Waals surface area contributed by atoms with Gasteiger partial charge in [0.05, 0.1) is 19.0 Å². The fraction of sp³-hybridized carbons (Fsp3) is 0.630. The molecule has 3 heteroatoms. The highest BCUT2D eigenvalue weighted by Crippen LogP contribution is 2.24. The minimum Gasteiger partial charge on any atom is -0.501 e. The zero-order valence-electron chi connectivity index (χ0n) is 21.3. The fourth-order valence-electron chi connectivity index (χ4n) is 2.87. The molecule has 1 aromatic rings. The Bertz CT molecular complexity index is 605. The van der Waals surface area contributed by atoms with E-state index in [9.17, 15) is 0 Å². The highest BCUT2D eigenvalue weighted by Gasteiger charge is 2.10. The third-order valence-corrected chi connectivity index (χ3v) is 4.71. The minimum absolute atomic E-state index is 0.287. The summed E-state index contributed by atoms with van der Waals surface area (Å²) in [5.74, 6) is 3.97. The molecule has 174 valence electrons. The molecule has 1 heterocycles. The van der Waals surface area contributed by atoms with Crippen molar-refractivity contribution in [2.45, 2.75) is 100 Å². The van der Waals surface area contributed by atoms with Gasteiger partial charge < -0.3 is 14.3 Å². The molecule has 0 spiro atoms. The number of allylic oxidation sites excluding steroid dienone is 4. The average Bonchev–Trinajstić information content (AvgIpc) is 3.24. The summed E-state index contributed by atoms with van der Waals surface area (Å²) in [6, 6.07) is 4.18. The van der Waals surface area contributed by atoms with E-state index in [0.29, 0.717) is 5.92 Å². The Morgan fingerprint density at radius 2 is 1.77 bits per heavy atom. The number of aryl methyl sites for hydroxylation is 1. The smallest absolute Gasteiger partial charge is 0.107 e. The second-order valence-electron chi connectivity index (χ2n) is 7.26. The number of hydrogen-bond donors (Lipinski definition) is 1. The van der Waals surface area contributed by atoms with Crippen LogP contribution in [0, 0.1) is 5.92 Å². The molecule has 1 aromatic heterocycles. The van der Waals surface area contributed by atoms with Crippen LogP contribution in [0.1, 0.15) is 99.0 Å². The summed E-state index contributed by atoms with van der Waals surface area (Å²) in [5.41, 5.74) is 1.42. The second-order valence-corrected chi connectivity index (χ2v) is 7.26. The summed E-state index contributed by atoms with van der Waals surface area (Å²) in [4.78, 5) is 0. The summed E-state index contributed by atoms with van der Waals surface area (Å²) in [6.07, 6.45) is 11.7. The number of ether oxygens (including phenoxy) is 1. The molecule has 0 bridgehead atoms. The lowest BCUT2D eigenvalue weighted by Gasteiger charge is -2.14. The first-order valence-corrected chi connectivity index (χ1v) is 11.6. The molecule has 0 aromatic carbocycles. The van der Waals surface area contributed by atoms with Crippen LogP contribution in [0.15, 0.2) is 52.2 Å². The van der Waals surface area contributed by atoms with Crippen LogP contribution in [0.5, 0.6) is 0 Å². The summed E-state index contributed by atoms with van der Waals surface area (Å²) in [5, 5.41) is 9.13. The Hall–Kier alpha value is -1.74. The van der Waals surface area contributed by atoms with Gasteiger partial charge in [-0.3, -0.25) is 0 Å². The normalized spacial score (nSPS) is 14.9. The van der Waals surface area contributed by atoms with Gasteiger partial charge in [0.25, 0.3) is 0 Å². The molecule has 3 atom stereocenters. The Balaban J connectivity index is 0. The maximum absolute atomic E-state index is 9.13. The Kier molecular flexibility index (Phi) is 19.5. The lowest BCUT2D eigenvalue weighted by atomic mass is 10.00. The van der Waals surface area contributed by atoms with Gasteiger partial charge in [-0.1, -0.05) is 65.3 Å². The van der Waals surface area contributed by atoms with Crippen molar-refractivity contribution in [2.75, 3.05) is 7.11 Å². The van der Waals surface area contributed by atoms with Crippen LogP contribution in [-0.2, 0) is 11.2 Å². The highest BCUT2D eigenvalue weighted by molar-refractivity contribution is 5.13. The van der Waals surface area contributed by atoms with Crippen molar-refractivity contribution in [2.24, 2.45) is 5.92 Å². The number of aliphatic hydroxyl groups excluding tert-OH is 1. The predicted octanol–water partition coefficient (Wildman–Crippen LogP) is 8.22. The Morgan fingerprint density at radius 1 is 1.13 bits per heavy atom. The SMILES string of the molecule is C/C=C(\C)CC(C)c1ccc(CC)o1.CC.CC/C=C(/OC)C(/C=C/[C@@H](C)O)CC. The molecule has 1 N–H and O–H groups in total. The van der Waals surface area contributed by atoms with Crippen LogP contribution in [0.4, 0.5) is 0 Å². The monoisotopic (exact) mass is 420 g/mol. The number of rotatable bonds is 10. The van der Waals surface area contributed by atoms with Gasteiger partial charge in [-0.15, -0.1) is 0 Å². The van der Waals surface area contributed by atoms with Crippen molar-refractivity contribution >= 4 is 0 Å². The Labute approximate surface area is 186 Å². The lowest BCUT2D eigenvalue weighted by Crippen LogP contribution is -2.03. The van der Waals surface area contributed by atoms with Crippen LogP contribution < -0.4 is 0 Å². The van der Waals surface area contributed by atoms with E-state index in [1.54, 1.807) is 20.1 Å². The van der Waals surface area contributed by atoms with Crippen molar-refractivity contribution in [3.8, 4) is 0 Å². The van der Waals surface area contributed by atoms with Gasteiger partial charge >= 0.3 is 0 Å². The number of aliphatic hydroxyl groups is 1. The van der Waals surface area contributed by atoms with Gasteiger partial charge in [-0.05, 0) is 58.2 Å². The second kappa shape index (κ2) is 19.2. The van der Waals surface area contributed by atoms with Gasteiger partial charge in [0.15, 0.2) is 0 Å². The topological polar surface area (TPSA) is 42.6 Å². The largest absolute Gasteiger partial charge is 0.501 e. The van der Waals surface area contributed by atoms with Crippen LogP contribution in [0.25, 0.3) is 0 Å². The van der Waals surface area contributed by atoms with Crippen molar-refractivity contribution in [1.29, 1.82) is 0 Å². The number of hydrogen-bond acceptors (Lipinski definition) is 3. The first kappa shape index (κ1) is 30.5. The van der Waals surface area contributed by atoms with E-state index in [2.05, 4.69) is 65.8 Å². The fourth-order valence-corrected chi connectivity index (χ4v) is 2.87. The molecule has 0 saturated heterocycles. The van der Waals surface area contributed by atoms with E-state index in [1.807, 2.05) is 19.9 Å². The van der Waals surface area contributed by atoms with Gasteiger partial charge in [0.1, 0.15) is 11.5 Å². The summed E-state index contributed by atoms with van der Waals surface area (Å²) >= 11 is 0. The Morgan fingerprint density at radius 3 is 2.17 bits per heavy atom. The van der Waals surface area contributed by atoms with Crippen molar-refractivity contribution in [3.63, 3.8) is 0 Å². The molecule has 0 saturated carbocycles. The van der Waals surface area contributed by atoms with Crippen molar-refractivity contribution in [3.05, 3.63) is 59.3 Å². The molecule has 0 aliphatic rings.